The summed E-state index contributed by atoms with van der Waals surface area (Å²) in [5, 5.41) is 0. The Labute approximate surface area is 106 Å². The van der Waals surface area contributed by atoms with E-state index in [-0.39, 0.29) is 30.0 Å². The number of carbonyl (C=O) groups is 1. The zero-order chi connectivity index (χ0) is 14.6. The van der Waals surface area contributed by atoms with Crippen LogP contribution >= 0.6 is 0 Å². The molecular weight excluding hydrogens is 267 g/mol. The molecule has 0 bridgehead atoms. The van der Waals surface area contributed by atoms with E-state index in [1.807, 2.05) is 0 Å². The van der Waals surface area contributed by atoms with Crippen LogP contribution in [0.25, 0.3) is 0 Å². The predicted molar refractivity (Wildman–Crippen MR) is 58.9 cm³/mol. The largest absolute Gasteiger partial charge is 0.573 e. The summed E-state index contributed by atoms with van der Waals surface area (Å²) in [7, 11) is 1.14. The topological polar surface area (TPSA) is 100 Å². The fraction of sp³-hybridized carbons (Fsp3) is 0.400. The highest BCUT2D eigenvalue weighted by Gasteiger charge is 2.32. The number of ether oxygens (including phenoxy) is 2. The Balaban J connectivity index is 3.17. The van der Waals surface area contributed by atoms with Crippen LogP contribution in [0.3, 0.4) is 0 Å². The minimum absolute atomic E-state index is 0.0750. The molecule has 4 N–H and O–H groups in total. The highest BCUT2D eigenvalue weighted by Crippen LogP contribution is 2.31. The molecule has 0 aliphatic heterocycles. The SMILES string of the molecule is COC(=O)Cc1nc(CN)cc(OC(F)(F)F)c1N. The molecule has 0 saturated heterocycles. The van der Waals surface area contributed by atoms with Crippen LogP contribution in [0.2, 0.25) is 0 Å². The van der Waals surface area contributed by atoms with E-state index in [0.29, 0.717) is 0 Å². The molecule has 1 aromatic heterocycles. The number of alkyl halides is 3. The lowest BCUT2D eigenvalue weighted by Crippen LogP contribution is -2.20. The maximum atomic E-state index is 12.2. The minimum Gasteiger partial charge on any atom is -0.469 e. The lowest BCUT2D eigenvalue weighted by atomic mass is 10.2. The number of aromatic nitrogens is 1. The van der Waals surface area contributed by atoms with Crippen LogP contribution in [-0.2, 0) is 22.5 Å². The molecule has 0 amide bonds. The van der Waals surface area contributed by atoms with Gasteiger partial charge in [-0.2, -0.15) is 0 Å². The summed E-state index contributed by atoms with van der Waals surface area (Å²) in [6.07, 6.45) is -5.27. The molecule has 106 valence electrons. The first-order chi connectivity index (χ1) is 8.76. The highest BCUT2D eigenvalue weighted by atomic mass is 19.4. The molecule has 0 aromatic carbocycles. The fourth-order valence-corrected chi connectivity index (χ4v) is 1.29. The third-order valence-corrected chi connectivity index (χ3v) is 2.13. The van der Waals surface area contributed by atoms with E-state index >= 15 is 0 Å². The normalized spacial score (nSPS) is 11.2. The maximum Gasteiger partial charge on any atom is 0.573 e. The number of esters is 1. The van der Waals surface area contributed by atoms with Gasteiger partial charge in [-0.15, -0.1) is 13.2 Å². The number of rotatable bonds is 4. The van der Waals surface area contributed by atoms with Gasteiger partial charge in [0.1, 0.15) is 0 Å². The van der Waals surface area contributed by atoms with E-state index in [1.165, 1.54) is 0 Å². The van der Waals surface area contributed by atoms with E-state index in [0.717, 1.165) is 13.2 Å². The van der Waals surface area contributed by atoms with E-state index in [9.17, 15) is 18.0 Å². The number of hydrogen-bond donors (Lipinski definition) is 2. The third kappa shape index (κ3) is 4.28. The summed E-state index contributed by atoms with van der Waals surface area (Å²) in [5.74, 6) is -1.33. The Bertz CT molecular complexity index is 477. The van der Waals surface area contributed by atoms with E-state index in [1.54, 1.807) is 0 Å². The predicted octanol–water partition coefficient (Wildman–Crippen LogP) is 0.737. The highest BCUT2D eigenvalue weighted by molar-refractivity contribution is 5.75. The average Bonchev–Trinajstić information content (AvgIpc) is 2.32. The molecule has 0 saturated carbocycles. The van der Waals surface area contributed by atoms with Crippen molar-refractivity contribution in [2.24, 2.45) is 5.73 Å². The van der Waals surface area contributed by atoms with Gasteiger partial charge >= 0.3 is 12.3 Å². The van der Waals surface area contributed by atoms with Crippen LogP contribution in [0, 0.1) is 0 Å². The second-order valence-electron chi connectivity index (χ2n) is 3.48. The molecule has 0 radical (unpaired) electrons. The van der Waals surface area contributed by atoms with Crippen molar-refractivity contribution in [3.05, 3.63) is 17.5 Å². The monoisotopic (exact) mass is 279 g/mol. The molecule has 9 heteroatoms. The number of pyridine rings is 1. The number of nitrogens with two attached hydrogens (primary N) is 2. The molecule has 0 fully saturated rings. The van der Waals surface area contributed by atoms with Crippen molar-refractivity contribution >= 4 is 11.7 Å². The van der Waals surface area contributed by atoms with E-state index in [2.05, 4.69) is 14.5 Å². The zero-order valence-corrected chi connectivity index (χ0v) is 9.95. The van der Waals surface area contributed by atoms with Gasteiger partial charge in [0.25, 0.3) is 0 Å². The van der Waals surface area contributed by atoms with Crippen molar-refractivity contribution < 1.29 is 27.4 Å². The average molecular weight is 279 g/mol. The van der Waals surface area contributed by atoms with Crippen molar-refractivity contribution in [2.75, 3.05) is 12.8 Å². The van der Waals surface area contributed by atoms with E-state index < -0.39 is 18.1 Å². The molecule has 0 aliphatic carbocycles. The standard InChI is InChI=1S/C10H12F3N3O3/c1-18-8(17)3-6-9(15)7(19-10(11,12)13)2-5(4-14)16-6/h2H,3-4,14-15H2,1H3. The number of anilines is 1. The van der Waals surface area contributed by atoms with Crippen molar-refractivity contribution in [1.29, 1.82) is 0 Å². The fourth-order valence-electron chi connectivity index (χ4n) is 1.29. The van der Waals surface area contributed by atoms with Gasteiger partial charge in [-0.3, -0.25) is 9.78 Å². The molecule has 0 aliphatic rings. The molecule has 1 heterocycles. The Hall–Kier alpha value is -2.03. The lowest BCUT2D eigenvalue weighted by molar-refractivity contribution is -0.274. The van der Waals surface area contributed by atoms with Crippen molar-refractivity contribution in [2.45, 2.75) is 19.3 Å². The number of carbonyl (C=O) groups excluding carboxylic acids is 1. The van der Waals surface area contributed by atoms with Gasteiger partial charge in [-0.25, -0.2) is 0 Å². The van der Waals surface area contributed by atoms with Gasteiger partial charge in [0, 0.05) is 12.6 Å². The van der Waals surface area contributed by atoms with Gasteiger partial charge in [-0.1, -0.05) is 0 Å². The number of nitrogen functional groups attached to an aromatic ring is 1. The van der Waals surface area contributed by atoms with Gasteiger partial charge in [0.05, 0.1) is 30.6 Å². The summed E-state index contributed by atoms with van der Waals surface area (Å²) in [6, 6.07) is 0.976. The van der Waals surface area contributed by atoms with Gasteiger partial charge in [-0.05, 0) is 0 Å². The second kappa shape index (κ2) is 5.74. The summed E-state index contributed by atoms with van der Waals surface area (Å²) in [4.78, 5) is 15.0. The summed E-state index contributed by atoms with van der Waals surface area (Å²) in [5.41, 5.74) is 10.5. The van der Waals surface area contributed by atoms with Crippen molar-refractivity contribution in [1.82, 2.24) is 4.98 Å². The van der Waals surface area contributed by atoms with Crippen molar-refractivity contribution in [3.8, 4) is 5.75 Å². The first-order valence-electron chi connectivity index (χ1n) is 5.07. The van der Waals surface area contributed by atoms with Crippen LogP contribution < -0.4 is 16.2 Å². The van der Waals surface area contributed by atoms with Crippen LogP contribution in [0.1, 0.15) is 11.4 Å². The number of hydrogen-bond acceptors (Lipinski definition) is 6. The van der Waals surface area contributed by atoms with Gasteiger partial charge in [0.2, 0.25) is 0 Å². The Morgan fingerprint density at radius 2 is 2.11 bits per heavy atom. The molecule has 0 unspecified atom stereocenters. The minimum atomic E-state index is -4.90. The molecular formula is C10H12F3N3O3. The van der Waals surface area contributed by atoms with Gasteiger partial charge < -0.3 is 20.9 Å². The Morgan fingerprint density at radius 3 is 2.58 bits per heavy atom. The van der Waals surface area contributed by atoms with Crippen LogP contribution in [-0.4, -0.2) is 24.4 Å². The third-order valence-electron chi connectivity index (χ3n) is 2.13. The number of nitrogens with zero attached hydrogens (tertiary/aromatic N) is 1. The molecule has 19 heavy (non-hydrogen) atoms. The second-order valence-corrected chi connectivity index (χ2v) is 3.48. The molecule has 6 nitrogen and oxygen atoms in total. The molecule has 0 atom stereocenters. The Morgan fingerprint density at radius 1 is 1.47 bits per heavy atom. The summed E-state index contributed by atoms with van der Waals surface area (Å²) >= 11 is 0. The summed E-state index contributed by atoms with van der Waals surface area (Å²) in [6.45, 7) is -0.122. The summed E-state index contributed by atoms with van der Waals surface area (Å²) < 4.78 is 44.7. The van der Waals surface area contributed by atoms with Crippen LogP contribution in [0.5, 0.6) is 5.75 Å². The lowest BCUT2D eigenvalue weighted by Gasteiger charge is -2.14. The Kier molecular flexibility index (Phi) is 4.54. The molecule has 1 aromatic rings. The maximum absolute atomic E-state index is 12.2. The van der Waals surface area contributed by atoms with Gasteiger partial charge in [0.15, 0.2) is 5.75 Å². The number of methoxy groups -OCH3 is 1. The number of halogens is 3. The zero-order valence-electron chi connectivity index (χ0n) is 9.95. The quantitative estimate of drug-likeness (QED) is 0.788. The molecule has 1 rings (SSSR count). The van der Waals surface area contributed by atoms with E-state index in [4.69, 9.17) is 11.5 Å². The van der Waals surface area contributed by atoms with Crippen molar-refractivity contribution in [3.63, 3.8) is 0 Å². The first kappa shape index (κ1) is 15.0. The first-order valence-corrected chi connectivity index (χ1v) is 5.07. The van der Waals surface area contributed by atoms with Crippen LogP contribution in [0.15, 0.2) is 6.07 Å². The smallest absolute Gasteiger partial charge is 0.469 e. The molecule has 0 spiro atoms. The van der Waals surface area contributed by atoms with Crippen LogP contribution in [0.4, 0.5) is 18.9 Å².